The van der Waals surface area contributed by atoms with Gasteiger partial charge in [-0.05, 0) is 70.6 Å². The summed E-state index contributed by atoms with van der Waals surface area (Å²) >= 11 is 0. The van der Waals surface area contributed by atoms with Gasteiger partial charge in [0.1, 0.15) is 6.61 Å². The van der Waals surface area contributed by atoms with Gasteiger partial charge in [0, 0.05) is 19.3 Å². The van der Waals surface area contributed by atoms with Crippen LogP contribution in [0.1, 0.15) is 200 Å². The number of rotatable bonds is 42. The SMILES string of the molecule is CC/C=C/C/C=C/C/C=C/CCCCCCCCCCCCCC(=O)OCC(COCCC(C(=O)O)[N+](C)(C)C)OC(=O)CCCCC/C=C/CCCCCCCC. The summed E-state index contributed by atoms with van der Waals surface area (Å²) in [5, 5.41) is 9.63. The summed E-state index contributed by atoms with van der Waals surface area (Å²) in [6.07, 6.45) is 48.7. The molecule has 0 bridgehead atoms. The largest absolute Gasteiger partial charge is 0.477 e. The van der Waals surface area contributed by atoms with Gasteiger partial charge in [-0.25, -0.2) is 4.79 Å². The third-order valence-corrected chi connectivity index (χ3v) is 10.5. The molecule has 0 aliphatic carbocycles. The van der Waals surface area contributed by atoms with Crippen LogP contribution in [0.3, 0.4) is 0 Å². The maximum absolute atomic E-state index is 12.7. The van der Waals surface area contributed by atoms with E-state index in [0.29, 0.717) is 19.3 Å². The molecule has 0 spiro atoms. The number of esters is 2. The number of ether oxygens (including phenoxy) is 3. The van der Waals surface area contributed by atoms with Crippen LogP contribution in [0.15, 0.2) is 48.6 Å². The first kappa shape index (κ1) is 55.3. The second kappa shape index (κ2) is 41.0. The molecular weight excluding hydrogens is 727 g/mol. The van der Waals surface area contributed by atoms with Crippen LogP contribution in [-0.2, 0) is 28.6 Å². The highest BCUT2D eigenvalue weighted by molar-refractivity contribution is 5.72. The van der Waals surface area contributed by atoms with Crippen molar-refractivity contribution in [2.24, 2.45) is 0 Å². The molecule has 58 heavy (non-hydrogen) atoms. The van der Waals surface area contributed by atoms with Crippen molar-refractivity contribution in [2.45, 2.75) is 212 Å². The van der Waals surface area contributed by atoms with Crippen LogP contribution in [0.5, 0.6) is 0 Å². The fraction of sp³-hybridized carbons (Fsp3) is 0.780. The normalized spacial score (nSPS) is 13.3. The number of unbranched alkanes of at least 4 members (excludes halogenated alkanes) is 20. The Labute approximate surface area is 356 Å². The van der Waals surface area contributed by atoms with E-state index >= 15 is 0 Å². The molecule has 1 N–H and O–H groups in total. The second-order valence-corrected chi connectivity index (χ2v) is 17.0. The Balaban J connectivity index is 4.25. The minimum Gasteiger partial charge on any atom is -0.477 e. The van der Waals surface area contributed by atoms with Crippen LogP contribution in [0.2, 0.25) is 0 Å². The van der Waals surface area contributed by atoms with Gasteiger partial charge in [0.25, 0.3) is 0 Å². The van der Waals surface area contributed by atoms with Gasteiger partial charge < -0.3 is 23.8 Å². The number of carbonyl (C=O) groups excluding carboxylic acids is 2. The molecule has 0 amide bonds. The van der Waals surface area contributed by atoms with Crippen LogP contribution in [0, 0.1) is 0 Å². The Hall–Kier alpha value is -2.71. The third kappa shape index (κ3) is 38.8. The predicted octanol–water partition coefficient (Wildman–Crippen LogP) is 13.2. The summed E-state index contributed by atoms with van der Waals surface area (Å²) in [5.41, 5.74) is 0. The topological polar surface area (TPSA) is 99.1 Å². The molecule has 0 aromatic carbocycles. The van der Waals surface area contributed by atoms with E-state index < -0.39 is 18.1 Å². The van der Waals surface area contributed by atoms with Crippen molar-refractivity contribution in [1.29, 1.82) is 0 Å². The van der Waals surface area contributed by atoms with E-state index in [1.54, 1.807) is 0 Å². The fourth-order valence-electron chi connectivity index (χ4n) is 6.81. The van der Waals surface area contributed by atoms with Crippen molar-refractivity contribution in [3.8, 4) is 0 Å². The van der Waals surface area contributed by atoms with Crippen molar-refractivity contribution in [3.05, 3.63) is 48.6 Å². The average Bonchev–Trinajstić information content (AvgIpc) is 3.18. The highest BCUT2D eigenvalue weighted by atomic mass is 16.6. The lowest BCUT2D eigenvalue weighted by Gasteiger charge is -2.31. The van der Waals surface area contributed by atoms with Crippen LogP contribution >= 0.6 is 0 Å². The molecule has 0 saturated carbocycles. The molecule has 0 radical (unpaired) electrons. The van der Waals surface area contributed by atoms with Crippen molar-refractivity contribution in [3.63, 3.8) is 0 Å². The third-order valence-electron chi connectivity index (χ3n) is 10.5. The summed E-state index contributed by atoms with van der Waals surface area (Å²) in [6, 6.07) is -0.617. The molecule has 0 fully saturated rings. The van der Waals surface area contributed by atoms with Gasteiger partial charge in [-0.3, -0.25) is 9.59 Å². The molecule has 0 rings (SSSR count). The summed E-state index contributed by atoms with van der Waals surface area (Å²) in [7, 11) is 5.52. The van der Waals surface area contributed by atoms with E-state index in [0.717, 1.165) is 70.6 Å². The number of allylic oxidation sites excluding steroid dienone is 8. The monoisotopic (exact) mass is 817 g/mol. The average molecular weight is 817 g/mol. The summed E-state index contributed by atoms with van der Waals surface area (Å²) in [4.78, 5) is 37.0. The fourth-order valence-corrected chi connectivity index (χ4v) is 6.81. The first-order valence-corrected chi connectivity index (χ1v) is 23.7. The lowest BCUT2D eigenvalue weighted by molar-refractivity contribution is -0.887. The van der Waals surface area contributed by atoms with Gasteiger partial charge in [-0.15, -0.1) is 0 Å². The first-order chi connectivity index (χ1) is 28.1. The Kier molecular flexibility index (Phi) is 39.1. The standard InChI is InChI=1S/C50H89NO7/c1-6-8-10-12-14-16-18-20-21-22-23-24-25-26-27-29-30-32-34-36-38-40-48(52)57-45-46(44-56-43-42-47(50(54)55)51(3,4)5)58-49(53)41-39-37-35-33-31-28-19-17-15-13-11-9-7-2/h8,10,14,16,20-21,28,31,46-47H,6-7,9,11-13,15,17-19,22-27,29-30,32-45H2,1-5H3/p+1/b10-8+,16-14+,21-20+,31-28+. The number of nitrogens with zero attached hydrogens (tertiary/aromatic N) is 1. The lowest BCUT2D eigenvalue weighted by Crippen LogP contribution is -2.50. The van der Waals surface area contributed by atoms with Crippen molar-refractivity contribution >= 4 is 17.9 Å². The number of carboxylic acid groups (broad SMARTS) is 1. The van der Waals surface area contributed by atoms with Gasteiger partial charge in [0.2, 0.25) is 0 Å². The molecular formula is C50H90NO7+. The van der Waals surface area contributed by atoms with Crippen LogP contribution in [0.4, 0.5) is 0 Å². The zero-order valence-corrected chi connectivity index (χ0v) is 38.2. The molecule has 8 heteroatoms. The smallest absolute Gasteiger partial charge is 0.362 e. The minimum absolute atomic E-state index is 0.0546. The molecule has 2 unspecified atom stereocenters. The highest BCUT2D eigenvalue weighted by Crippen LogP contribution is 2.15. The Bertz CT molecular complexity index is 1090. The maximum Gasteiger partial charge on any atom is 0.362 e. The van der Waals surface area contributed by atoms with E-state index in [4.69, 9.17) is 14.2 Å². The Morgan fingerprint density at radius 3 is 1.47 bits per heavy atom. The Morgan fingerprint density at radius 2 is 0.966 bits per heavy atom. The number of hydrogen-bond donors (Lipinski definition) is 1. The number of likely N-dealkylation sites (N-methyl/N-ethyl adjacent to an activating group) is 1. The summed E-state index contributed by atoms with van der Waals surface area (Å²) < 4.78 is 17.3. The molecule has 0 aliphatic heterocycles. The number of aliphatic carboxylic acids is 1. The molecule has 0 heterocycles. The van der Waals surface area contributed by atoms with E-state index in [-0.39, 0.29) is 36.2 Å². The zero-order valence-electron chi connectivity index (χ0n) is 38.2. The van der Waals surface area contributed by atoms with Crippen molar-refractivity contribution in [2.75, 3.05) is 41.0 Å². The van der Waals surface area contributed by atoms with Crippen molar-refractivity contribution in [1.82, 2.24) is 0 Å². The Morgan fingerprint density at radius 1 is 0.534 bits per heavy atom. The molecule has 2 atom stereocenters. The number of carboxylic acids is 1. The number of quaternary nitrogens is 1. The van der Waals surface area contributed by atoms with Gasteiger partial charge in [-0.2, -0.15) is 0 Å². The molecule has 8 nitrogen and oxygen atoms in total. The second-order valence-electron chi connectivity index (χ2n) is 17.0. The predicted molar refractivity (Wildman–Crippen MR) is 243 cm³/mol. The number of hydrogen-bond acceptors (Lipinski definition) is 6. The molecule has 0 aromatic rings. The minimum atomic E-state index is -0.878. The lowest BCUT2D eigenvalue weighted by atomic mass is 10.0. The quantitative estimate of drug-likeness (QED) is 0.0283. The van der Waals surface area contributed by atoms with E-state index in [2.05, 4.69) is 62.5 Å². The first-order valence-electron chi connectivity index (χ1n) is 23.7. The van der Waals surface area contributed by atoms with Crippen LogP contribution in [-0.4, -0.2) is 80.6 Å². The summed E-state index contributed by atoms with van der Waals surface area (Å²) in [6.45, 7) is 4.61. The zero-order chi connectivity index (χ0) is 42.8. The summed E-state index contributed by atoms with van der Waals surface area (Å²) in [5.74, 6) is -1.49. The van der Waals surface area contributed by atoms with Gasteiger partial charge >= 0.3 is 17.9 Å². The van der Waals surface area contributed by atoms with Gasteiger partial charge in [0.15, 0.2) is 12.1 Å². The van der Waals surface area contributed by atoms with Crippen LogP contribution in [0.25, 0.3) is 0 Å². The maximum atomic E-state index is 12.7. The number of carbonyl (C=O) groups is 3. The van der Waals surface area contributed by atoms with Crippen molar-refractivity contribution < 1.29 is 38.2 Å². The molecule has 336 valence electrons. The van der Waals surface area contributed by atoms with E-state index in [1.165, 1.54) is 96.3 Å². The van der Waals surface area contributed by atoms with E-state index in [9.17, 15) is 19.5 Å². The molecule has 0 aliphatic rings. The van der Waals surface area contributed by atoms with Gasteiger partial charge in [-0.1, -0.05) is 159 Å². The highest BCUT2D eigenvalue weighted by Gasteiger charge is 2.31. The van der Waals surface area contributed by atoms with Gasteiger partial charge in [0.05, 0.1) is 34.4 Å². The molecule has 0 aromatic heterocycles. The van der Waals surface area contributed by atoms with Crippen LogP contribution < -0.4 is 0 Å². The van der Waals surface area contributed by atoms with E-state index in [1.807, 2.05) is 21.1 Å². The molecule has 0 saturated heterocycles.